The van der Waals surface area contributed by atoms with Crippen molar-refractivity contribution in [3.63, 3.8) is 0 Å². The molecular weight excluding hydrogens is 338 g/mol. The third kappa shape index (κ3) is 2.68. The Labute approximate surface area is 165 Å². The fourth-order valence-corrected chi connectivity index (χ4v) is 4.21. The molecule has 5 rings (SSSR count). The first-order valence-electron chi connectivity index (χ1n) is 9.76. The molecule has 0 atom stereocenters. The number of fused-ring (bicyclic) bond motifs is 2. The van der Waals surface area contributed by atoms with Crippen LogP contribution < -0.4 is 0 Å². The van der Waals surface area contributed by atoms with Gasteiger partial charge in [0.1, 0.15) is 0 Å². The van der Waals surface area contributed by atoms with Crippen LogP contribution in [-0.2, 0) is 0 Å². The van der Waals surface area contributed by atoms with Gasteiger partial charge in [0.15, 0.2) is 0 Å². The van der Waals surface area contributed by atoms with Crippen LogP contribution in [0.25, 0.3) is 44.4 Å². The summed E-state index contributed by atoms with van der Waals surface area (Å²) in [5.74, 6) is 0. The molecule has 1 aliphatic heterocycles. The second-order valence-corrected chi connectivity index (χ2v) is 7.15. The maximum absolute atomic E-state index is 4.75. The molecule has 0 saturated heterocycles. The summed E-state index contributed by atoms with van der Waals surface area (Å²) >= 11 is 0. The number of hydrogen-bond acceptors (Lipinski definition) is 1. The van der Waals surface area contributed by atoms with Crippen molar-refractivity contribution in [2.75, 3.05) is 0 Å². The summed E-state index contributed by atoms with van der Waals surface area (Å²) in [6.45, 7) is 3.94. The van der Waals surface area contributed by atoms with E-state index in [-0.39, 0.29) is 0 Å². The molecule has 0 saturated carbocycles. The first kappa shape index (κ1) is 16.7. The highest BCUT2D eigenvalue weighted by Crippen LogP contribution is 2.42. The van der Waals surface area contributed by atoms with Crippen LogP contribution in [0.5, 0.6) is 0 Å². The standard InChI is InChI=1S/C27H21N/c1-2-19-10-9-11-20(18-19)26-21-12-3-5-14-23(21)27(25-16-7-8-17-28-25)24-15-6-4-13-22(24)26/h2-6,9-18H,1,7-8H2. The van der Waals surface area contributed by atoms with Gasteiger partial charge in [0.2, 0.25) is 0 Å². The molecule has 0 bridgehead atoms. The molecule has 0 aromatic heterocycles. The molecule has 28 heavy (non-hydrogen) atoms. The smallest absolute Gasteiger partial charge is 0.0670 e. The molecule has 1 heterocycles. The van der Waals surface area contributed by atoms with Crippen molar-refractivity contribution < 1.29 is 0 Å². The normalized spacial score (nSPS) is 13.6. The summed E-state index contributed by atoms with van der Waals surface area (Å²) in [4.78, 5) is 4.75. The van der Waals surface area contributed by atoms with Gasteiger partial charge < -0.3 is 0 Å². The minimum Gasteiger partial charge on any atom is -0.261 e. The Morgan fingerprint density at radius 1 is 0.714 bits per heavy atom. The van der Waals surface area contributed by atoms with E-state index in [2.05, 4.69) is 85.5 Å². The molecule has 0 radical (unpaired) electrons. The van der Waals surface area contributed by atoms with Crippen LogP contribution in [0.1, 0.15) is 24.0 Å². The summed E-state index contributed by atoms with van der Waals surface area (Å²) in [7, 11) is 0. The number of rotatable bonds is 3. The fraction of sp³-hybridized carbons (Fsp3) is 0.0741. The molecule has 0 fully saturated rings. The zero-order valence-corrected chi connectivity index (χ0v) is 15.7. The molecule has 134 valence electrons. The largest absolute Gasteiger partial charge is 0.261 e. The lowest BCUT2D eigenvalue weighted by atomic mass is 9.86. The van der Waals surface area contributed by atoms with Crippen LogP contribution in [0, 0.1) is 0 Å². The zero-order chi connectivity index (χ0) is 18.9. The van der Waals surface area contributed by atoms with Crippen molar-refractivity contribution in [1.82, 2.24) is 0 Å². The van der Waals surface area contributed by atoms with Crippen LogP contribution in [0.15, 0.2) is 90.4 Å². The highest BCUT2D eigenvalue weighted by Gasteiger charge is 2.17. The van der Waals surface area contributed by atoms with Crippen molar-refractivity contribution in [2.24, 2.45) is 4.99 Å². The van der Waals surface area contributed by atoms with Crippen LogP contribution in [0.4, 0.5) is 0 Å². The summed E-state index contributed by atoms with van der Waals surface area (Å²) in [5.41, 5.74) is 5.96. The molecule has 1 nitrogen and oxygen atoms in total. The lowest BCUT2D eigenvalue weighted by molar-refractivity contribution is 1.09. The second kappa shape index (κ2) is 6.94. The SMILES string of the molecule is C=Cc1cccc(-c2c3ccccc3c(C3=CCCC=N3)c3ccccc23)c1. The first-order chi connectivity index (χ1) is 13.9. The molecular formula is C27H21N. The fourth-order valence-electron chi connectivity index (χ4n) is 4.21. The average Bonchev–Trinajstić information content (AvgIpc) is 2.78. The second-order valence-electron chi connectivity index (χ2n) is 7.15. The monoisotopic (exact) mass is 359 g/mol. The van der Waals surface area contributed by atoms with Gasteiger partial charge in [-0.2, -0.15) is 0 Å². The van der Waals surface area contributed by atoms with Gasteiger partial charge >= 0.3 is 0 Å². The van der Waals surface area contributed by atoms with Gasteiger partial charge in [-0.25, -0.2) is 0 Å². The predicted molar refractivity (Wildman–Crippen MR) is 123 cm³/mol. The van der Waals surface area contributed by atoms with E-state index in [9.17, 15) is 0 Å². The van der Waals surface area contributed by atoms with Gasteiger partial charge in [-0.05, 0) is 57.1 Å². The van der Waals surface area contributed by atoms with E-state index in [4.69, 9.17) is 4.99 Å². The molecule has 1 aliphatic rings. The van der Waals surface area contributed by atoms with Crippen LogP contribution in [0.2, 0.25) is 0 Å². The van der Waals surface area contributed by atoms with E-state index in [1.807, 2.05) is 12.3 Å². The molecule has 0 aliphatic carbocycles. The molecule has 4 aromatic carbocycles. The number of nitrogens with zero attached hydrogens (tertiary/aromatic N) is 1. The van der Waals surface area contributed by atoms with E-state index < -0.39 is 0 Å². The van der Waals surface area contributed by atoms with E-state index in [1.165, 1.54) is 38.2 Å². The van der Waals surface area contributed by atoms with E-state index in [1.54, 1.807) is 0 Å². The van der Waals surface area contributed by atoms with Gasteiger partial charge in [0.25, 0.3) is 0 Å². The lowest BCUT2D eigenvalue weighted by Gasteiger charge is -2.18. The third-order valence-corrected chi connectivity index (χ3v) is 5.46. The quantitative estimate of drug-likeness (QED) is 0.336. The Balaban J connectivity index is 1.95. The van der Waals surface area contributed by atoms with Crippen molar-refractivity contribution in [3.8, 4) is 11.1 Å². The van der Waals surface area contributed by atoms with Gasteiger partial charge in [-0.3, -0.25) is 4.99 Å². The number of allylic oxidation sites excluding steroid dienone is 1. The zero-order valence-electron chi connectivity index (χ0n) is 15.7. The predicted octanol–water partition coefficient (Wildman–Crippen LogP) is 7.51. The molecule has 0 N–H and O–H groups in total. The number of hydrogen-bond donors (Lipinski definition) is 0. The molecule has 0 spiro atoms. The van der Waals surface area contributed by atoms with E-state index in [0.29, 0.717) is 0 Å². The Morgan fingerprint density at radius 3 is 1.93 bits per heavy atom. The topological polar surface area (TPSA) is 12.4 Å². The lowest BCUT2D eigenvalue weighted by Crippen LogP contribution is -1.95. The molecule has 1 heteroatoms. The van der Waals surface area contributed by atoms with Crippen LogP contribution in [-0.4, -0.2) is 6.21 Å². The first-order valence-corrected chi connectivity index (χ1v) is 9.76. The third-order valence-electron chi connectivity index (χ3n) is 5.46. The van der Waals surface area contributed by atoms with Gasteiger partial charge in [0.05, 0.1) is 5.70 Å². The number of aliphatic imine (C=N–C) groups is 1. The Morgan fingerprint density at radius 2 is 1.36 bits per heavy atom. The Bertz CT molecular complexity index is 1220. The Hall–Kier alpha value is -3.45. The maximum Gasteiger partial charge on any atom is 0.0670 e. The van der Waals surface area contributed by atoms with Crippen LogP contribution >= 0.6 is 0 Å². The van der Waals surface area contributed by atoms with Gasteiger partial charge in [0, 0.05) is 11.8 Å². The van der Waals surface area contributed by atoms with E-state index >= 15 is 0 Å². The molecule has 4 aromatic rings. The summed E-state index contributed by atoms with van der Waals surface area (Å²) in [5, 5.41) is 5.04. The van der Waals surface area contributed by atoms with E-state index in [0.717, 1.165) is 24.1 Å². The highest BCUT2D eigenvalue weighted by molar-refractivity contribution is 6.19. The molecule has 0 unspecified atom stereocenters. The maximum atomic E-state index is 4.75. The van der Waals surface area contributed by atoms with Crippen molar-refractivity contribution in [1.29, 1.82) is 0 Å². The van der Waals surface area contributed by atoms with Gasteiger partial charge in [-0.1, -0.05) is 85.5 Å². The summed E-state index contributed by atoms with van der Waals surface area (Å²) in [6.07, 6.45) is 8.28. The van der Waals surface area contributed by atoms with Crippen molar-refractivity contribution in [2.45, 2.75) is 12.8 Å². The number of benzene rings is 4. The van der Waals surface area contributed by atoms with Crippen LogP contribution in [0.3, 0.4) is 0 Å². The van der Waals surface area contributed by atoms with Crippen molar-refractivity contribution in [3.05, 3.63) is 96.6 Å². The minimum atomic E-state index is 1.02. The van der Waals surface area contributed by atoms with Crippen molar-refractivity contribution >= 4 is 39.5 Å². The molecule has 0 amide bonds. The minimum absolute atomic E-state index is 1.02. The average molecular weight is 359 g/mol. The van der Waals surface area contributed by atoms with Gasteiger partial charge in [-0.15, -0.1) is 0 Å². The summed E-state index contributed by atoms with van der Waals surface area (Å²) < 4.78 is 0. The Kier molecular flexibility index (Phi) is 4.14. The summed E-state index contributed by atoms with van der Waals surface area (Å²) in [6, 6.07) is 26.0. The highest BCUT2D eigenvalue weighted by atomic mass is 14.7.